The Kier molecular flexibility index (Phi) is 8.41. The molecular formula is C32H43N7O4. The second-order valence-corrected chi connectivity index (χ2v) is 12.7. The van der Waals surface area contributed by atoms with Crippen molar-refractivity contribution in [2.24, 2.45) is 7.05 Å². The molecule has 11 nitrogen and oxygen atoms in total. The second-order valence-electron chi connectivity index (χ2n) is 12.7. The largest absolute Gasteiger partial charge is 0.444 e. The highest BCUT2D eigenvalue weighted by molar-refractivity contribution is 5.75. The first kappa shape index (κ1) is 30.4. The van der Waals surface area contributed by atoms with Crippen LogP contribution in [-0.4, -0.2) is 54.5 Å². The van der Waals surface area contributed by atoms with Crippen LogP contribution in [-0.2, 0) is 37.7 Å². The van der Waals surface area contributed by atoms with Gasteiger partial charge in [-0.25, -0.2) is 9.59 Å². The van der Waals surface area contributed by atoms with E-state index in [0.717, 1.165) is 49.9 Å². The van der Waals surface area contributed by atoms with Crippen molar-refractivity contribution >= 4 is 23.2 Å². The van der Waals surface area contributed by atoms with Crippen LogP contribution < -0.4 is 21.5 Å². The summed E-state index contributed by atoms with van der Waals surface area (Å²) in [5.41, 5.74) is 4.64. The summed E-state index contributed by atoms with van der Waals surface area (Å²) >= 11 is 0. The fraction of sp³-hybridized carbons (Fsp3) is 0.594. The summed E-state index contributed by atoms with van der Waals surface area (Å²) in [7, 11) is 1.65. The van der Waals surface area contributed by atoms with Crippen LogP contribution in [0.4, 0.5) is 10.7 Å². The number of alkyl carbamates (subject to hydrolysis) is 1. The standard InChI is InChI=1S/C32H43N7O4/c1-8-9-17-38-26-27(35-29(38)37-16-12-13-22(18-37)34-30(41)43-32(4,5)6)36(7)31(42)39(28(26)40)19-25-24-15-11-10-14-23(24)20(2)21(3)33-25/h22H,10-19H2,1-7H3,(H,34,41). The third-order valence-electron chi connectivity index (χ3n) is 8.47. The summed E-state index contributed by atoms with van der Waals surface area (Å²) in [6.07, 6.45) is 5.25. The minimum absolute atomic E-state index is 0.108. The molecule has 1 fully saturated rings. The summed E-state index contributed by atoms with van der Waals surface area (Å²) in [6, 6.07) is -0.156. The van der Waals surface area contributed by atoms with Crippen molar-refractivity contribution in [2.45, 2.75) is 105 Å². The first-order chi connectivity index (χ1) is 20.4. The van der Waals surface area contributed by atoms with Crippen molar-refractivity contribution in [3.63, 3.8) is 0 Å². The predicted molar refractivity (Wildman–Crippen MR) is 167 cm³/mol. The van der Waals surface area contributed by atoms with E-state index in [9.17, 15) is 14.4 Å². The van der Waals surface area contributed by atoms with Crippen LogP contribution in [0.15, 0.2) is 9.59 Å². The molecule has 0 aromatic carbocycles. The number of pyridine rings is 1. The molecule has 3 aromatic rings. The zero-order valence-electron chi connectivity index (χ0n) is 26.5. The van der Waals surface area contributed by atoms with Crippen molar-refractivity contribution in [3.05, 3.63) is 48.9 Å². The molecule has 1 aliphatic heterocycles. The van der Waals surface area contributed by atoms with Crippen LogP contribution in [0.2, 0.25) is 0 Å². The van der Waals surface area contributed by atoms with E-state index in [1.807, 2.05) is 32.3 Å². The minimum atomic E-state index is -0.595. The average Bonchev–Trinajstić information content (AvgIpc) is 3.34. The molecular weight excluding hydrogens is 546 g/mol. The summed E-state index contributed by atoms with van der Waals surface area (Å²) in [5.74, 6) is 6.57. The maximum Gasteiger partial charge on any atom is 0.407 e. The topological polar surface area (TPSA) is 116 Å². The molecule has 1 N–H and O–H groups in total. The lowest BCUT2D eigenvalue weighted by Crippen LogP contribution is -2.49. The Balaban J connectivity index is 1.57. The van der Waals surface area contributed by atoms with E-state index in [2.05, 4.69) is 29.0 Å². The van der Waals surface area contributed by atoms with E-state index in [0.29, 0.717) is 30.2 Å². The van der Waals surface area contributed by atoms with Crippen molar-refractivity contribution in [1.29, 1.82) is 0 Å². The van der Waals surface area contributed by atoms with Gasteiger partial charge in [-0.2, -0.15) is 4.98 Å². The highest BCUT2D eigenvalue weighted by Crippen LogP contribution is 2.28. The van der Waals surface area contributed by atoms with E-state index < -0.39 is 22.9 Å². The Bertz CT molecular complexity index is 1750. The fourth-order valence-corrected chi connectivity index (χ4v) is 6.29. The molecule has 2 aliphatic rings. The van der Waals surface area contributed by atoms with Crippen LogP contribution in [0.25, 0.3) is 11.2 Å². The van der Waals surface area contributed by atoms with Crippen LogP contribution >= 0.6 is 0 Å². The number of hydrogen-bond acceptors (Lipinski definition) is 7. The quantitative estimate of drug-likeness (QED) is 0.454. The van der Waals surface area contributed by atoms with Gasteiger partial charge in [-0.1, -0.05) is 5.92 Å². The molecule has 230 valence electrons. The van der Waals surface area contributed by atoms with E-state index in [4.69, 9.17) is 14.7 Å². The highest BCUT2D eigenvalue weighted by atomic mass is 16.6. The Hall–Kier alpha value is -4.07. The summed E-state index contributed by atoms with van der Waals surface area (Å²) in [6.45, 7) is 12.9. The number of piperidine rings is 1. The van der Waals surface area contributed by atoms with Crippen LogP contribution in [0.1, 0.15) is 81.5 Å². The number of fused-ring (bicyclic) bond motifs is 2. The molecule has 0 saturated carbocycles. The summed E-state index contributed by atoms with van der Waals surface area (Å²) in [5, 5.41) is 2.98. The van der Waals surface area contributed by atoms with Crippen molar-refractivity contribution < 1.29 is 9.53 Å². The molecule has 3 aromatic heterocycles. The van der Waals surface area contributed by atoms with Crippen LogP contribution in [0.5, 0.6) is 0 Å². The first-order valence-corrected chi connectivity index (χ1v) is 15.2. The predicted octanol–water partition coefficient (Wildman–Crippen LogP) is 3.35. The van der Waals surface area contributed by atoms with Gasteiger partial charge < -0.3 is 15.0 Å². The number of nitrogens with zero attached hydrogens (tertiary/aromatic N) is 6. The van der Waals surface area contributed by atoms with Gasteiger partial charge in [-0.15, -0.1) is 5.92 Å². The lowest BCUT2D eigenvalue weighted by Gasteiger charge is -2.34. The molecule has 5 rings (SSSR count). The SMILES string of the molecule is CC#CCn1c(N2CCCC(NC(=O)OC(C)(C)C)C2)nc2c1c(=O)n(Cc1nc(C)c(C)c3c1CCCC3)c(=O)n2C. The second kappa shape index (κ2) is 11.9. The number of anilines is 1. The number of aryl methyl sites for hydroxylation is 2. The normalized spacial score (nSPS) is 16.9. The number of nitrogens with one attached hydrogen (secondary N) is 1. The van der Waals surface area contributed by atoms with E-state index in [1.165, 1.54) is 25.8 Å². The summed E-state index contributed by atoms with van der Waals surface area (Å²) < 4.78 is 10.0. The molecule has 1 amide bonds. The van der Waals surface area contributed by atoms with Crippen LogP contribution in [0.3, 0.4) is 0 Å². The summed E-state index contributed by atoms with van der Waals surface area (Å²) in [4.78, 5) is 52.1. The monoisotopic (exact) mass is 589 g/mol. The van der Waals surface area contributed by atoms with E-state index in [-0.39, 0.29) is 19.1 Å². The van der Waals surface area contributed by atoms with Crippen molar-refractivity contribution in [1.82, 2.24) is 29.0 Å². The van der Waals surface area contributed by atoms with E-state index in [1.54, 1.807) is 14.0 Å². The molecule has 0 radical (unpaired) electrons. The van der Waals surface area contributed by atoms with Gasteiger partial charge in [-0.3, -0.25) is 23.5 Å². The minimum Gasteiger partial charge on any atom is -0.444 e. The first-order valence-electron chi connectivity index (χ1n) is 15.2. The molecule has 1 aliphatic carbocycles. The number of carbonyl (C=O) groups excluding carboxylic acids is 1. The molecule has 1 atom stereocenters. The molecule has 1 saturated heterocycles. The molecule has 11 heteroatoms. The lowest BCUT2D eigenvalue weighted by molar-refractivity contribution is 0.0499. The third kappa shape index (κ3) is 6.05. The van der Waals surface area contributed by atoms with Gasteiger partial charge in [0, 0.05) is 31.9 Å². The zero-order valence-corrected chi connectivity index (χ0v) is 26.5. The highest BCUT2D eigenvalue weighted by Gasteiger charge is 2.29. The van der Waals surface area contributed by atoms with Crippen molar-refractivity contribution in [3.8, 4) is 11.8 Å². The van der Waals surface area contributed by atoms with E-state index >= 15 is 0 Å². The third-order valence-corrected chi connectivity index (χ3v) is 8.47. The maximum absolute atomic E-state index is 14.2. The maximum atomic E-state index is 14.2. The van der Waals surface area contributed by atoms with Gasteiger partial charge in [0.25, 0.3) is 5.56 Å². The number of hydrogen-bond donors (Lipinski definition) is 1. The smallest absolute Gasteiger partial charge is 0.407 e. The number of ether oxygens (including phenoxy) is 1. The van der Waals surface area contributed by atoms with Gasteiger partial charge in [-0.05, 0) is 96.8 Å². The van der Waals surface area contributed by atoms with Crippen LogP contribution in [0, 0.1) is 25.7 Å². The molecule has 43 heavy (non-hydrogen) atoms. The number of carbonyl (C=O) groups is 1. The lowest BCUT2D eigenvalue weighted by atomic mass is 9.87. The number of amides is 1. The Morgan fingerprint density at radius 3 is 2.49 bits per heavy atom. The van der Waals surface area contributed by atoms with Gasteiger partial charge in [0.1, 0.15) is 5.60 Å². The Morgan fingerprint density at radius 2 is 1.79 bits per heavy atom. The fourth-order valence-electron chi connectivity index (χ4n) is 6.29. The molecule has 4 heterocycles. The van der Waals surface area contributed by atoms with Crippen molar-refractivity contribution in [2.75, 3.05) is 18.0 Å². The molecule has 0 spiro atoms. The molecule has 1 unspecified atom stereocenters. The van der Waals surface area contributed by atoms with Gasteiger partial charge >= 0.3 is 11.8 Å². The number of aromatic nitrogens is 5. The number of rotatable bonds is 5. The van der Waals surface area contributed by atoms with Gasteiger partial charge in [0.15, 0.2) is 11.2 Å². The zero-order chi connectivity index (χ0) is 31.1. The Morgan fingerprint density at radius 1 is 1.07 bits per heavy atom. The van der Waals surface area contributed by atoms with Gasteiger partial charge in [0.05, 0.1) is 18.8 Å². The van der Waals surface area contributed by atoms with Gasteiger partial charge in [0.2, 0.25) is 5.95 Å². The number of imidazole rings is 1. The molecule has 0 bridgehead atoms. The Labute approximate surface area is 252 Å². The average molecular weight is 590 g/mol.